The number of rotatable bonds is 2. The number of amides is 3. The highest BCUT2D eigenvalue weighted by Gasteiger charge is 2.53. The van der Waals surface area contributed by atoms with Gasteiger partial charge in [-0.1, -0.05) is 6.92 Å². The topological polar surface area (TPSA) is 66.9 Å². The molecule has 3 amide bonds. The third kappa shape index (κ3) is 2.64. The van der Waals surface area contributed by atoms with Crippen LogP contribution >= 0.6 is 0 Å². The van der Waals surface area contributed by atoms with Crippen molar-refractivity contribution in [1.82, 2.24) is 9.80 Å². The fourth-order valence-corrected chi connectivity index (χ4v) is 2.73. The fourth-order valence-electron chi connectivity index (χ4n) is 2.73. The van der Waals surface area contributed by atoms with Crippen LogP contribution in [0.25, 0.3) is 0 Å². The molecule has 2 heterocycles. The number of fused-ring (bicyclic) bond motifs is 1. The van der Waals surface area contributed by atoms with Crippen molar-refractivity contribution in [2.75, 3.05) is 19.6 Å². The molecule has 0 spiro atoms. The van der Waals surface area contributed by atoms with Crippen LogP contribution in [0.4, 0.5) is 4.79 Å². The molecule has 2 fully saturated rings. The minimum atomic E-state index is -0.572. The summed E-state index contributed by atoms with van der Waals surface area (Å²) in [5.74, 6) is -1.07. The van der Waals surface area contributed by atoms with E-state index in [1.54, 1.807) is 20.8 Å². The number of carbonyl (C=O) groups excluding carboxylic acids is 3. The molecule has 0 N–H and O–H groups in total. The van der Waals surface area contributed by atoms with Gasteiger partial charge >= 0.3 is 6.09 Å². The van der Waals surface area contributed by atoms with E-state index in [9.17, 15) is 14.4 Å². The Morgan fingerprint density at radius 3 is 2.10 bits per heavy atom. The number of ether oxygens (including phenoxy) is 1. The Labute approximate surface area is 119 Å². The maximum absolute atomic E-state index is 12.2. The lowest BCUT2D eigenvalue weighted by atomic mass is 10.00. The molecule has 20 heavy (non-hydrogen) atoms. The lowest BCUT2D eigenvalue weighted by molar-refractivity contribution is -0.140. The molecular weight excluding hydrogens is 260 g/mol. The second-order valence-corrected chi connectivity index (χ2v) is 6.43. The van der Waals surface area contributed by atoms with Crippen molar-refractivity contribution in [2.24, 2.45) is 11.8 Å². The molecule has 2 atom stereocenters. The second kappa shape index (κ2) is 5.07. The zero-order valence-corrected chi connectivity index (χ0v) is 12.5. The van der Waals surface area contributed by atoms with Crippen LogP contribution in [0.2, 0.25) is 0 Å². The minimum Gasteiger partial charge on any atom is -0.444 e. The third-order valence-corrected chi connectivity index (χ3v) is 3.59. The Morgan fingerprint density at radius 2 is 1.70 bits per heavy atom. The maximum atomic E-state index is 12.2. The molecule has 0 saturated carbocycles. The zero-order chi connectivity index (χ0) is 15.1. The first-order valence-corrected chi connectivity index (χ1v) is 7.07. The van der Waals surface area contributed by atoms with Crippen molar-refractivity contribution in [1.29, 1.82) is 0 Å². The van der Waals surface area contributed by atoms with Gasteiger partial charge in [-0.3, -0.25) is 14.5 Å². The van der Waals surface area contributed by atoms with E-state index in [0.717, 1.165) is 6.42 Å². The Bertz CT molecular complexity index is 417. The van der Waals surface area contributed by atoms with Gasteiger partial charge in [0.25, 0.3) is 0 Å². The van der Waals surface area contributed by atoms with E-state index in [2.05, 4.69) is 0 Å². The summed E-state index contributed by atoms with van der Waals surface area (Å²) in [6.45, 7) is 8.34. The van der Waals surface area contributed by atoms with Crippen LogP contribution in [0, 0.1) is 11.8 Å². The van der Waals surface area contributed by atoms with Crippen LogP contribution in [-0.2, 0) is 14.3 Å². The second-order valence-electron chi connectivity index (χ2n) is 6.43. The van der Waals surface area contributed by atoms with Crippen LogP contribution in [0.15, 0.2) is 0 Å². The van der Waals surface area contributed by atoms with E-state index in [-0.39, 0.29) is 36.7 Å². The summed E-state index contributed by atoms with van der Waals surface area (Å²) in [7, 11) is 0. The quantitative estimate of drug-likeness (QED) is 0.715. The standard InChI is InChI=1S/C14H22N2O4/c1-5-6-16-11(17)9-7-15(8-10(9)12(16)18)13(19)20-14(2,3)4/h9-10H,5-8H2,1-4H3/t9-,10+. The number of carbonyl (C=O) groups is 3. The van der Waals surface area contributed by atoms with Gasteiger partial charge in [0.15, 0.2) is 0 Å². The molecule has 2 saturated heterocycles. The predicted molar refractivity (Wildman–Crippen MR) is 71.8 cm³/mol. The van der Waals surface area contributed by atoms with Gasteiger partial charge in [0.05, 0.1) is 11.8 Å². The molecule has 2 aliphatic heterocycles. The molecule has 0 aliphatic carbocycles. The van der Waals surface area contributed by atoms with Crippen LogP contribution in [0.1, 0.15) is 34.1 Å². The number of imide groups is 1. The minimum absolute atomic E-state index is 0.145. The average molecular weight is 282 g/mol. The lowest BCUT2D eigenvalue weighted by Crippen LogP contribution is -2.40. The third-order valence-electron chi connectivity index (χ3n) is 3.59. The number of hydrogen-bond acceptors (Lipinski definition) is 4. The van der Waals surface area contributed by atoms with E-state index in [1.807, 2.05) is 6.92 Å². The molecule has 2 rings (SSSR count). The van der Waals surface area contributed by atoms with Crippen molar-refractivity contribution >= 4 is 17.9 Å². The summed E-state index contributed by atoms with van der Waals surface area (Å²) in [5, 5.41) is 0. The molecular formula is C14H22N2O4. The zero-order valence-electron chi connectivity index (χ0n) is 12.5. The summed E-state index contributed by atoms with van der Waals surface area (Å²) >= 11 is 0. The summed E-state index contributed by atoms with van der Waals surface area (Å²) in [6, 6.07) is 0. The maximum Gasteiger partial charge on any atom is 0.410 e. The van der Waals surface area contributed by atoms with Crippen molar-refractivity contribution in [2.45, 2.75) is 39.7 Å². The Balaban J connectivity index is 2.03. The van der Waals surface area contributed by atoms with E-state index < -0.39 is 11.7 Å². The lowest BCUT2D eigenvalue weighted by Gasteiger charge is -2.25. The average Bonchev–Trinajstić information content (AvgIpc) is 2.84. The largest absolute Gasteiger partial charge is 0.444 e. The SMILES string of the molecule is CCCN1C(=O)[C@H]2CN(C(=O)OC(C)(C)C)C[C@H]2C1=O. The Kier molecular flexibility index (Phi) is 3.75. The Hall–Kier alpha value is -1.59. The molecule has 2 aliphatic rings. The summed E-state index contributed by atoms with van der Waals surface area (Å²) in [5.41, 5.74) is -0.572. The van der Waals surface area contributed by atoms with Crippen molar-refractivity contribution < 1.29 is 19.1 Å². The van der Waals surface area contributed by atoms with Gasteiger partial charge in [-0.15, -0.1) is 0 Å². The van der Waals surface area contributed by atoms with Gasteiger partial charge < -0.3 is 9.64 Å². The monoisotopic (exact) mass is 282 g/mol. The number of likely N-dealkylation sites (tertiary alicyclic amines) is 2. The number of nitrogens with zero attached hydrogens (tertiary/aromatic N) is 2. The molecule has 0 aromatic carbocycles. The van der Waals surface area contributed by atoms with Crippen molar-refractivity contribution in [3.63, 3.8) is 0 Å². The first-order chi connectivity index (χ1) is 9.24. The molecule has 0 unspecified atom stereocenters. The van der Waals surface area contributed by atoms with Gasteiger partial charge in [0, 0.05) is 19.6 Å². The van der Waals surface area contributed by atoms with Crippen LogP contribution in [0.3, 0.4) is 0 Å². The molecule has 0 radical (unpaired) electrons. The van der Waals surface area contributed by atoms with E-state index >= 15 is 0 Å². The van der Waals surface area contributed by atoms with Gasteiger partial charge in [-0.05, 0) is 27.2 Å². The van der Waals surface area contributed by atoms with Crippen molar-refractivity contribution in [3.05, 3.63) is 0 Å². The molecule has 0 aromatic heterocycles. The van der Waals surface area contributed by atoms with Gasteiger partial charge in [0.1, 0.15) is 5.60 Å². The van der Waals surface area contributed by atoms with Crippen LogP contribution in [0.5, 0.6) is 0 Å². The van der Waals surface area contributed by atoms with E-state index in [4.69, 9.17) is 4.74 Å². The van der Waals surface area contributed by atoms with Crippen LogP contribution in [-0.4, -0.2) is 52.9 Å². The van der Waals surface area contributed by atoms with Gasteiger partial charge in [-0.2, -0.15) is 0 Å². The molecule has 6 nitrogen and oxygen atoms in total. The summed E-state index contributed by atoms with van der Waals surface area (Å²) in [6.07, 6.45) is 0.307. The number of hydrogen-bond donors (Lipinski definition) is 0. The first-order valence-electron chi connectivity index (χ1n) is 7.07. The predicted octanol–water partition coefficient (Wildman–Crippen LogP) is 1.25. The molecule has 0 aromatic rings. The smallest absolute Gasteiger partial charge is 0.410 e. The Morgan fingerprint density at radius 1 is 1.20 bits per heavy atom. The molecule has 112 valence electrons. The highest BCUT2D eigenvalue weighted by atomic mass is 16.6. The molecule has 6 heteroatoms. The first kappa shape index (κ1) is 14.8. The van der Waals surface area contributed by atoms with Gasteiger partial charge in [0.2, 0.25) is 11.8 Å². The van der Waals surface area contributed by atoms with Crippen molar-refractivity contribution in [3.8, 4) is 0 Å². The molecule has 0 bridgehead atoms. The fraction of sp³-hybridized carbons (Fsp3) is 0.786. The summed E-state index contributed by atoms with van der Waals surface area (Å²) in [4.78, 5) is 39.1. The normalized spacial score (nSPS) is 26.2. The van der Waals surface area contributed by atoms with Gasteiger partial charge in [-0.25, -0.2) is 4.79 Å². The van der Waals surface area contributed by atoms with E-state index in [1.165, 1.54) is 9.80 Å². The highest BCUT2D eigenvalue weighted by molar-refractivity contribution is 6.06. The highest BCUT2D eigenvalue weighted by Crippen LogP contribution is 2.34. The van der Waals surface area contributed by atoms with E-state index in [0.29, 0.717) is 6.54 Å². The van der Waals surface area contributed by atoms with Crippen LogP contribution < -0.4 is 0 Å². The summed E-state index contributed by atoms with van der Waals surface area (Å²) < 4.78 is 5.28.